The molecule has 0 radical (unpaired) electrons. The van der Waals surface area contributed by atoms with Gasteiger partial charge in [-0.15, -0.1) is 0 Å². The lowest BCUT2D eigenvalue weighted by molar-refractivity contribution is -0.255. The van der Waals surface area contributed by atoms with E-state index in [1.807, 2.05) is 0 Å². The predicted molar refractivity (Wildman–Crippen MR) is 131 cm³/mol. The van der Waals surface area contributed by atoms with Crippen molar-refractivity contribution in [3.05, 3.63) is 11.6 Å². The van der Waals surface area contributed by atoms with E-state index in [9.17, 15) is 25.2 Å². The molecule has 0 bridgehead atoms. The molecule has 34 heavy (non-hydrogen) atoms. The number of ketones is 1. The van der Waals surface area contributed by atoms with Gasteiger partial charge in [0, 0.05) is 23.2 Å². The van der Waals surface area contributed by atoms with Crippen LogP contribution in [0.5, 0.6) is 0 Å². The largest absolute Gasteiger partial charge is 0.396 e. The fraction of sp³-hybridized carbons (Fsp3) is 0.897. The zero-order chi connectivity index (χ0) is 24.9. The molecule has 0 aromatic rings. The summed E-state index contributed by atoms with van der Waals surface area (Å²) in [5.74, 6) is 1.08. The summed E-state index contributed by atoms with van der Waals surface area (Å²) in [4.78, 5) is 13.6. The summed E-state index contributed by atoms with van der Waals surface area (Å²) < 4.78 is 0. The van der Waals surface area contributed by atoms with E-state index in [4.69, 9.17) is 0 Å². The van der Waals surface area contributed by atoms with Gasteiger partial charge < -0.3 is 20.4 Å². The average molecular weight is 475 g/mol. The minimum absolute atomic E-state index is 0.0781. The molecule has 5 nitrogen and oxygen atoms in total. The molecule has 5 rings (SSSR count). The van der Waals surface area contributed by atoms with E-state index in [2.05, 4.69) is 40.7 Å². The zero-order valence-corrected chi connectivity index (χ0v) is 21.8. The van der Waals surface area contributed by atoms with E-state index < -0.39 is 17.6 Å². The van der Waals surface area contributed by atoms with E-state index in [1.54, 1.807) is 0 Å². The monoisotopic (exact) mass is 474 g/mol. The highest BCUT2D eigenvalue weighted by Gasteiger charge is 2.70. The van der Waals surface area contributed by atoms with Gasteiger partial charge in [0.15, 0.2) is 0 Å². The highest BCUT2D eigenvalue weighted by molar-refractivity contribution is 5.85. The third-order valence-electron chi connectivity index (χ3n) is 12.4. The summed E-state index contributed by atoms with van der Waals surface area (Å²) >= 11 is 0. The molecule has 0 aromatic heterocycles. The number of hydrogen-bond donors (Lipinski definition) is 4. The summed E-state index contributed by atoms with van der Waals surface area (Å²) in [6.07, 6.45) is 7.22. The van der Waals surface area contributed by atoms with Crippen molar-refractivity contribution in [2.24, 2.45) is 50.7 Å². The predicted octanol–water partition coefficient (Wildman–Crippen LogP) is 3.87. The number of Topliss-reactive ketones (excluding diaryl/α,β-unsaturated/α-hetero) is 1. The lowest BCUT2D eigenvalue weighted by Gasteiger charge is -2.70. The van der Waals surface area contributed by atoms with Gasteiger partial charge in [0.05, 0.1) is 25.4 Å². The molecule has 9 atom stereocenters. The topological polar surface area (TPSA) is 98.0 Å². The Balaban J connectivity index is 1.60. The Hall–Kier alpha value is -0.750. The van der Waals surface area contributed by atoms with Crippen molar-refractivity contribution < 1.29 is 25.2 Å². The summed E-state index contributed by atoms with van der Waals surface area (Å²) in [5, 5.41) is 42.7. The van der Waals surface area contributed by atoms with Crippen molar-refractivity contribution in [1.29, 1.82) is 0 Å². The normalized spacial score (nSPS) is 51.4. The molecule has 4 fully saturated rings. The van der Waals surface area contributed by atoms with E-state index >= 15 is 0 Å². The van der Waals surface area contributed by atoms with Gasteiger partial charge in [-0.2, -0.15) is 0 Å². The van der Waals surface area contributed by atoms with Crippen molar-refractivity contribution in [3.63, 3.8) is 0 Å². The molecule has 5 aliphatic rings. The molecule has 4 saturated carbocycles. The third kappa shape index (κ3) is 2.96. The number of aliphatic hydroxyl groups excluding tert-OH is 4. The minimum atomic E-state index is -1.13. The lowest BCUT2D eigenvalue weighted by atomic mass is 9.34. The summed E-state index contributed by atoms with van der Waals surface area (Å²) in [7, 11) is 0. The maximum atomic E-state index is 13.6. The fourth-order valence-corrected chi connectivity index (χ4v) is 10.4. The van der Waals surface area contributed by atoms with Gasteiger partial charge in [0.2, 0.25) is 0 Å². The second kappa shape index (κ2) is 7.63. The van der Waals surface area contributed by atoms with Crippen LogP contribution in [0.25, 0.3) is 0 Å². The number of hydrogen-bond acceptors (Lipinski definition) is 5. The van der Waals surface area contributed by atoms with Gasteiger partial charge >= 0.3 is 0 Å². The second-order valence-electron chi connectivity index (χ2n) is 14.3. The van der Waals surface area contributed by atoms with Gasteiger partial charge in [-0.1, -0.05) is 46.3 Å². The minimum Gasteiger partial charge on any atom is -0.396 e. The van der Waals surface area contributed by atoms with Gasteiger partial charge in [-0.3, -0.25) is 4.79 Å². The molecule has 5 aliphatic carbocycles. The van der Waals surface area contributed by atoms with Crippen molar-refractivity contribution >= 4 is 5.78 Å². The van der Waals surface area contributed by atoms with Gasteiger partial charge in [-0.25, -0.2) is 0 Å². The van der Waals surface area contributed by atoms with E-state index in [0.29, 0.717) is 24.5 Å². The van der Waals surface area contributed by atoms with Crippen LogP contribution in [-0.4, -0.2) is 51.6 Å². The zero-order valence-electron chi connectivity index (χ0n) is 21.8. The van der Waals surface area contributed by atoms with E-state index in [-0.39, 0.29) is 52.6 Å². The van der Waals surface area contributed by atoms with Crippen LogP contribution in [0.4, 0.5) is 0 Å². The summed E-state index contributed by atoms with van der Waals surface area (Å²) in [6, 6.07) is 0. The Morgan fingerprint density at radius 3 is 2.24 bits per heavy atom. The quantitative estimate of drug-likeness (QED) is 0.456. The molecule has 0 heterocycles. The van der Waals surface area contributed by atoms with Crippen LogP contribution in [-0.2, 0) is 4.79 Å². The lowest BCUT2D eigenvalue weighted by Crippen LogP contribution is -2.69. The van der Waals surface area contributed by atoms with Crippen molar-refractivity contribution in [3.8, 4) is 0 Å². The van der Waals surface area contributed by atoms with Crippen LogP contribution >= 0.6 is 0 Å². The van der Waals surface area contributed by atoms with Crippen molar-refractivity contribution in [2.45, 2.75) is 98.2 Å². The molecule has 0 saturated heterocycles. The Morgan fingerprint density at radius 2 is 1.59 bits per heavy atom. The van der Waals surface area contributed by atoms with Crippen LogP contribution in [0.2, 0.25) is 0 Å². The highest BCUT2D eigenvalue weighted by atomic mass is 16.3. The molecule has 192 valence electrons. The Bertz CT molecular complexity index is 889. The molecule has 0 aliphatic heterocycles. The first-order valence-electron chi connectivity index (χ1n) is 13.6. The first kappa shape index (κ1) is 24.9. The van der Waals surface area contributed by atoms with Gasteiger partial charge in [0.1, 0.15) is 5.78 Å². The Morgan fingerprint density at radius 1 is 0.912 bits per heavy atom. The smallest absolute Gasteiger partial charge is 0.137 e. The number of allylic oxidation sites excluding steroid dienone is 2. The SMILES string of the molecule is CC1(C)CC[C@@H]2C(=O)C[C@]3(C)C(=CC[C@@H]4[C@@]5(C)C[C@H](O)[C@H](O)C(CO)(CO)[C@@H]5CC[C@]43C)[C@@H]2C1. The van der Waals surface area contributed by atoms with Crippen LogP contribution < -0.4 is 0 Å². The molecular weight excluding hydrogens is 428 g/mol. The summed E-state index contributed by atoms with van der Waals surface area (Å²) in [5.41, 5.74) is 0.0134. The Kier molecular flexibility index (Phi) is 5.59. The Labute approximate surface area is 205 Å². The number of carbonyl (C=O) groups excluding carboxylic acids is 1. The first-order valence-corrected chi connectivity index (χ1v) is 13.6. The molecule has 0 spiro atoms. The van der Waals surface area contributed by atoms with E-state index in [0.717, 1.165) is 38.5 Å². The highest BCUT2D eigenvalue weighted by Crippen LogP contribution is 2.74. The number of aliphatic hydroxyl groups is 4. The van der Waals surface area contributed by atoms with Crippen molar-refractivity contribution in [2.75, 3.05) is 13.2 Å². The van der Waals surface area contributed by atoms with Gasteiger partial charge in [-0.05, 0) is 78.9 Å². The van der Waals surface area contributed by atoms with Crippen LogP contribution in [0.1, 0.15) is 86.0 Å². The maximum absolute atomic E-state index is 13.6. The van der Waals surface area contributed by atoms with E-state index in [1.165, 1.54) is 5.57 Å². The number of rotatable bonds is 2. The van der Waals surface area contributed by atoms with Crippen molar-refractivity contribution in [1.82, 2.24) is 0 Å². The third-order valence-corrected chi connectivity index (χ3v) is 12.4. The number of carbonyl (C=O) groups is 1. The molecular formula is C29H46O5. The maximum Gasteiger partial charge on any atom is 0.137 e. The molecule has 4 N–H and O–H groups in total. The molecule has 0 unspecified atom stereocenters. The molecule has 5 heteroatoms. The fourth-order valence-electron chi connectivity index (χ4n) is 10.4. The summed E-state index contributed by atoms with van der Waals surface area (Å²) in [6.45, 7) is 11.0. The number of fused-ring (bicyclic) bond motifs is 7. The second-order valence-corrected chi connectivity index (χ2v) is 14.3. The first-order chi connectivity index (χ1) is 15.8. The van der Waals surface area contributed by atoms with Crippen LogP contribution in [0, 0.1) is 50.7 Å². The average Bonchev–Trinajstić information content (AvgIpc) is 2.75. The molecule has 0 aromatic carbocycles. The van der Waals surface area contributed by atoms with Gasteiger partial charge in [0.25, 0.3) is 0 Å². The molecule has 0 amide bonds. The van der Waals surface area contributed by atoms with Crippen LogP contribution in [0.3, 0.4) is 0 Å². The standard InChI is InChI=1S/C29H46O5/c1-25(2)10-8-17-18(12-25)19-6-7-22-26(3)13-21(33)24(34)29(15-30,16-31)23(26)9-11-27(22,4)28(19,5)14-20(17)32/h6,17-18,21-24,30-31,33-34H,7-16H2,1-5H3/t17-,18+,21-,22+,23+,24-,26+,27+,28+/m0/s1. The van der Waals surface area contributed by atoms with Crippen LogP contribution in [0.15, 0.2) is 11.6 Å².